The van der Waals surface area contributed by atoms with Crippen molar-refractivity contribution in [3.05, 3.63) is 35.4 Å². The third-order valence-corrected chi connectivity index (χ3v) is 5.52. The van der Waals surface area contributed by atoms with Crippen molar-refractivity contribution in [3.8, 4) is 0 Å². The van der Waals surface area contributed by atoms with E-state index in [1.165, 1.54) is 0 Å². The molecule has 140 valence electrons. The molecule has 1 aliphatic heterocycles. The second-order valence-electron chi connectivity index (χ2n) is 6.28. The number of nitrogens with zero attached hydrogens (tertiary/aromatic N) is 2. The van der Waals surface area contributed by atoms with Crippen LogP contribution in [0.2, 0.25) is 0 Å². The molecule has 3 rings (SSSR count). The number of aromatic nitrogens is 2. The average molecular weight is 376 g/mol. The molecule has 0 atom stereocenters. The van der Waals surface area contributed by atoms with Crippen molar-refractivity contribution < 1.29 is 14.0 Å². The molecule has 0 aromatic carbocycles. The lowest BCUT2D eigenvalue weighted by Gasteiger charge is -2.15. The fourth-order valence-electron chi connectivity index (χ4n) is 2.99. The molecule has 0 fully saturated rings. The van der Waals surface area contributed by atoms with Gasteiger partial charge in [-0.1, -0.05) is 13.8 Å². The summed E-state index contributed by atoms with van der Waals surface area (Å²) in [6.45, 7) is 4.41. The Morgan fingerprint density at radius 3 is 2.85 bits per heavy atom. The normalized spacial score (nSPS) is 13.0. The standard InChI is InChI=1S/C18H24N4O3S/c1-3-12(4-2)18(24)20-17-14-10-26-11-15(14)21-22(17)9-16(23)19-8-13-6-5-7-25-13/h5-7,12H,3-4,8-11H2,1-2H3,(H,19,23)(H,20,24). The number of carbonyl (C=O) groups excluding carboxylic acids is 2. The minimum Gasteiger partial charge on any atom is -0.467 e. The maximum Gasteiger partial charge on any atom is 0.242 e. The molecule has 2 aromatic heterocycles. The Morgan fingerprint density at radius 1 is 1.35 bits per heavy atom. The van der Waals surface area contributed by atoms with E-state index in [1.54, 1.807) is 34.8 Å². The fourth-order valence-corrected chi connectivity index (χ4v) is 4.02. The maximum absolute atomic E-state index is 12.5. The predicted octanol–water partition coefficient (Wildman–Crippen LogP) is 2.91. The van der Waals surface area contributed by atoms with Crippen molar-refractivity contribution in [2.24, 2.45) is 5.92 Å². The minimum absolute atomic E-state index is 0.00755. The van der Waals surface area contributed by atoms with Crippen LogP contribution in [0.4, 0.5) is 5.82 Å². The van der Waals surface area contributed by atoms with E-state index in [0.29, 0.717) is 18.1 Å². The van der Waals surface area contributed by atoms with E-state index in [0.717, 1.165) is 35.6 Å². The van der Waals surface area contributed by atoms with E-state index < -0.39 is 0 Å². The number of amides is 2. The first-order chi connectivity index (χ1) is 12.6. The summed E-state index contributed by atoms with van der Waals surface area (Å²) in [7, 11) is 0. The van der Waals surface area contributed by atoms with Gasteiger partial charge in [0.15, 0.2) is 0 Å². The maximum atomic E-state index is 12.5. The van der Waals surface area contributed by atoms with Gasteiger partial charge >= 0.3 is 0 Å². The van der Waals surface area contributed by atoms with Gasteiger partial charge in [0.1, 0.15) is 18.1 Å². The van der Waals surface area contributed by atoms with Crippen molar-refractivity contribution in [2.75, 3.05) is 5.32 Å². The first-order valence-electron chi connectivity index (χ1n) is 8.88. The molecular formula is C18H24N4O3S. The Bertz CT molecular complexity index is 766. The van der Waals surface area contributed by atoms with Crippen LogP contribution < -0.4 is 10.6 Å². The van der Waals surface area contributed by atoms with Crippen molar-refractivity contribution in [1.29, 1.82) is 0 Å². The highest BCUT2D eigenvalue weighted by Crippen LogP contribution is 2.35. The van der Waals surface area contributed by atoms with Crippen LogP contribution >= 0.6 is 11.8 Å². The molecule has 2 aromatic rings. The van der Waals surface area contributed by atoms with Crippen LogP contribution in [0, 0.1) is 5.92 Å². The highest BCUT2D eigenvalue weighted by Gasteiger charge is 2.26. The number of anilines is 1. The van der Waals surface area contributed by atoms with Gasteiger partial charge in [0, 0.05) is 23.0 Å². The van der Waals surface area contributed by atoms with Crippen LogP contribution in [0.3, 0.4) is 0 Å². The SMILES string of the molecule is CCC(CC)C(=O)Nc1c2c(nn1CC(=O)NCc1ccco1)CSC2. The first kappa shape index (κ1) is 18.6. The summed E-state index contributed by atoms with van der Waals surface area (Å²) < 4.78 is 6.83. The summed E-state index contributed by atoms with van der Waals surface area (Å²) >= 11 is 1.77. The van der Waals surface area contributed by atoms with Gasteiger partial charge in [-0.15, -0.1) is 0 Å². The lowest BCUT2D eigenvalue weighted by molar-refractivity contribution is -0.122. The van der Waals surface area contributed by atoms with Crippen LogP contribution in [-0.2, 0) is 34.2 Å². The van der Waals surface area contributed by atoms with Crippen LogP contribution in [0.15, 0.2) is 22.8 Å². The second-order valence-corrected chi connectivity index (χ2v) is 7.27. The van der Waals surface area contributed by atoms with Crippen LogP contribution in [0.25, 0.3) is 0 Å². The Morgan fingerprint density at radius 2 is 2.15 bits per heavy atom. The molecule has 0 saturated carbocycles. The zero-order chi connectivity index (χ0) is 18.5. The molecule has 0 unspecified atom stereocenters. The summed E-state index contributed by atoms with van der Waals surface area (Å²) in [6, 6.07) is 3.59. The topological polar surface area (TPSA) is 89.2 Å². The lowest BCUT2D eigenvalue weighted by Crippen LogP contribution is -2.29. The third kappa shape index (κ3) is 4.12. The van der Waals surface area contributed by atoms with E-state index in [2.05, 4.69) is 15.7 Å². The number of rotatable bonds is 8. The zero-order valence-electron chi connectivity index (χ0n) is 15.1. The quantitative estimate of drug-likeness (QED) is 0.739. The molecule has 2 amide bonds. The van der Waals surface area contributed by atoms with E-state index in [4.69, 9.17) is 4.42 Å². The zero-order valence-corrected chi connectivity index (χ0v) is 15.9. The minimum atomic E-state index is -0.173. The Labute approximate surface area is 156 Å². The number of carbonyl (C=O) groups is 2. The molecule has 0 saturated heterocycles. The van der Waals surface area contributed by atoms with Gasteiger partial charge in [0.05, 0.1) is 18.5 Å². The molecule has 2 N–H and O–H groups in total. The van der Waals surface area contributed by atoms with E-state index >= 15 is 0 Å². The van der Waals surface area contributed by atoms with E-state index in [-0.39, 0.29) is 24.3 Å². The second kappa shape index (κ2) is 8.44. The van der Waals surface area contributed by atoms with Crippen LogP contribution in [0.1, 0.15) is 43.7 Å². The van der Waals surface area contributed by atoms with Crippen LogP contribution in [0.5, 0.6) is 0 Å². The highest BCUT2D eigenvalue weighted by atomic mass is 32.2. The molecular weight excluding hydrogens is 352 g/mol. The monoisotopic (exact) mass is 376 g/mol. The molecule has 26 heavy (non-hydrogen) atoms. The number of hydrogen-bond acceptors (Lipinski definition) is 5. The molecule has 8 heteroatoms. The molecule has 7 nitrogen and oxygen atoms in total. The molecule has 0 aliphatic carbocycles. The third-order valence-electron chi connectivity index (χ3n) is 4.55. The van der Waals surface area contributed by atoms with Gasteiger partial charge < -0.3 is 15.1 Å². The number of hydrogen-bond donors (Lipinski definition) is 2. The van der Waals surface area contributed by atoms with Crippen molar-refractivity contribution >= 4 is 29.4 Å². The van der Waals surface area contributed by atoms with Crippen LogP contribution in [-0.4, -0.2) is 21.6 Å². The number of furan rings is 1. The molecule has 0 spiro atoms. The predicted molar refractivity (Wildman–Crippen MR) is 100 cm³/mol. The smallest absolute Gasteiger partial charge is 0.242 e. The summed E-state index contributed by atoms with van der Waals surface area (Å²) in [4.78, 5) is 24.8. The van der Waals surface area contributed by atoms with Gasteiger partial charge in [-0.25, -0.2) is 4.68 Å². The Balaban J connectivity index is 1.70. The number of thioether (sulfide) groups is 1. The molecule has 0 bridgehead atoms. The van der Waals surface area contributed by atoms with Gasteiger partial charge in [0.25, 0.3) is 0 Å². The summed E-state index contributed by atoms with van der Waals surface area (Å²) in [6.07, 6.45) is 3.15. The summed E-state index contributed by atoms with van der Waals surface area (Å²) in [5, 5.41) is 10.4. The summed E-state index contributed by atoms with van der Waals surface area (Å²) in [5.74, 6) is 2.76. The van der Waals surface area contributed by atoms with Gasteiger partial charge in [-0.2, -0.15) is 16.9 Å². The van der Waals surface area contributed by atoms with E-state index in [9.17, 15) is 9.59 Å². The van der Waals surface area contributed by atoms with Gasteiger partial charge in [-0.05, 0) is 25.0 Å². The highest BCUT2D eigenvalue weighted by molar-refractivity contribution is 7.98. The van der Waals surface area contributed by atoms with Crippen molar-refractivity contribution in [3.63, 3.8) is 0 Å². The van der Waals surface area contributed by atoms with E-state index in [1.807, 2.05) is 13.8 Å². The largest absolute Gasteiger partial charge is 0.467 e. The number of nitrogens with one attached hydrogen (secondary N) is 2. The summed E-state index contributed by atoms with van der Waals surface area (Å²) in [5.41, 5.74) is 1.99. The first-order valence-corrected chi connectivity index (χ1v) is 10.0. The van der Waals surface area contributed by atoms with Gasteiger partial charge in [0.2, 0.25) is 11.8 Å². The molecule has 3 heterocycles. The number of fused-ring (bicyclic) bond motifs is 1. The van der Waals surface area contributed by atoms with Crippen molar-refractivity contribution in [1.82, 2.24) is 15.1 Å². The Kier molecular flexibility index (Phi) is 6.03. The lowest BCUT2D eigenvalue weighted by atomic mass is 10.0. The Hall–Kier alpha value is -2.22. The average Bonchev–Trinajstić information content (AvgIpc) is 3.34. The van der Waals surface area contributed by atoms with Gasteiger partial charge in [-0.3, -0.25) is 9.59 Å². The molecule has 1 aliphatic rings. The molecule has 0 radical (unpaired) electrons. The van der Waals surface area contributed by atoms with Crippen molar-refractivity contribution in [2.45, 2.75) is 51.3 Å². The fraction of sp³-hybridized carbons (Fsp3) is 0.500.